The Hall–Kier alpha value is -4.71. The Labute approximate surface area is 397 Å². The number of unbranched alkanes of at least 4 members (excludes halogenated alkanes) is 16. The molecule has 362 valence electrons. The third kappa shape index (κ3) is 50.2. The minimum atomic E-state index is -0.823. The molecule has 0 radical (unpaired) electrons. The van der Waals surface area contributed by atoms with E-state index < -0.39 is 6.10 Å². The summed E-state index contributed by atoms with van der Waals surface area (Å²) in [7, 11) is 0. The lowest BCUT2D eigenvalue weighted by atomic mass is 10.1. The Kier molecular flexibility index (Phi) is 48.2. The van der Waals surface area contributed by atoms with Crippen molar-refractivity contribution in [2.75, 3.05) is 13.2 Å². The summed E-state index contributed by atoms with van der Waals surface area (Å²) in [6.45, 7) is 6.22. The zero-order valence-corrected chi connectivity index (χ0v) is 41.2. The highest BCUT2D eigenvalue weighted by atomic mass is 16.6. The maximum atomic E-state index is 12.8. The van der Waals surface area contributed by atoms with Gasteiger partial charge in [0.05, 0.1) is 0 Å². The summed E-state index contributed by atoms with van der Waals surface area (Å²) in [4.78, 5) is 38.0. The number of rotatable bonds is 43. The van der Waals surface area contributed by atoms with Gasteiger partial charge in [-0.1, -0.05) is 224 Å². The fourth-order valence-corrected chi connectivity index (χ4v) is 6.28. The Morgan fingerprint density at radius 1 is 0.338 bits per heavy atom. The van der Waals surface area contributed by atoms with E-state index in [-0.39, 0.29) is 31.1 Å². The molecule has 0 aromatic carbocycles. The quantitative estimate of drug-likeness (QED) is 0.0199. The molecule has 0 heterocycles. The zero-order valence-electron chi connectivity index (χ0n) is 41.2. The van der Waals surface area contributed by atoms with Crippen molar-refractivity contribution in [1.29, 1.82) is 0 Å². The molecular formula is C59H90O6. The van der Waals surface area contributed by atoms with E-state index in [1.807, 2.05) is 97.2 Å². The van der Waals surface area contributed by atoms with Crippen molar-refractivity contribution < 1.29 is 28.6 Å². The average molecular weight is 895 g/mol. The summed E-state index contributed by atoms with van der Waals surface area (Å²) in [6, 6.07) is 0. The summed E-state index contributed by atoms with van der Waals surface area (Å²) in [5.41, 5.74) is 0. The van der Waals surface area contributed by atoms with Gasteiger partial charge >= 0.3 is 17.9 Å². The highest BCUT2D eigenvalue weighted by Gasteiger charge is 2.19. The second-order valence-corrected chi connectivity index (χ2v) is 16.2. The largest absolute Gasteiger partial charge is 0.462 e. The van der Waals surface area contributed by atoms with E-state index in [1.54, 1.807) is 0 Å². The Bertz CT molecular complexity index is 1490. The molecule has 6 heteroatoms. The molecule has 1 unspecified atom stereocenters. The second kappa shape index (κ2) is 51.9. The highest BCUT2D eigenvalue weighted by Crippen LogP contribution is 2.13. The third-order valence-electron chi connectivity index (χ3n) is 10.1. The molecule has 1 atom stereocenters. The number of ether oxygens (including phenoxy) is 3. The first-order chi connectivity index (χ1) is 32.0. The van der Waals surface area contributed by atoms with Crippen LogP contribution in [0, 0.1) is 0 Å². The summed E-state index contributed by atoms with van der Waals surface area (Å²) in [5.74, 6) is -1.02. The van der Waals surface area contributed by atoms with Crippen molar-refractivity contribution in [2.45, 2.75) is 194 Å². The molecular weight excluding hydrogens is 805 g/mol. The summed E-state index contributed by atoms with van der Waals surface area (Å²) in [5, 5.41) is 0. The van der Waals surface area contributed by atoms with Gasteiger partial charge in [0.2, 0.25) is 0 Å². The fourth-order valence-electron chi connectivity index (χ4n) is 6.28. The molecule has 0 aromatic rings. The molecule has 0 spiro atoms. The van der Waals surface area contributed by atoms with Crippen LogP contribution in [-0.2, 0) is 28.6 Å². The van der Waals surface area contributed by atoms with E-state index in [1.165, 1.54) is 44.9 Å². The number of allylic oxidation sites excluding steroid dienone is 24. The molecule has 0 saturated heterocycles. The van der Waals surface area contributed by atoms with Crippen LogP contribution in [0.5, 0.6) is 0 Å². The second-order valence-electron chi connectivity index (χ2n) is 16.2. The van der Waals surface area contributed by atoms with E-state index in [0.717, 1.165) is 96.3 Å². The molecule has 0 aliphatic heterocycles. The lowest BCUT2D eigenvalue weighted by Gasteiger charge is -2.18. The lowest BCUT2D eigenvalue weighted by molar-refractivity contribution is -0.167. The lowest BCUT2D eigenvalue weighted by Crippen LogP contribution is -2.30. The van der Waals surface area contributed by atoms with E-state index in [2.05, 4.69) is 69.4 Å². The van der Waals surface area contributed by atoms with Crippen LogP contribution in [0.1, 0.15) is 188 Å². The predicted octanol–water partition coefficient (Wildman–Crippen LogP) is 16.9. The highest BCUT2D eigenvalue weighted by molar-refractivity contribution is 5.71. The molecule has 0 saturated carbocycles. The van der Waals surface area contributed by atoms with Gasteiger partial charge in [-0.25, -0.2) is 0 Å². The molecule has 0 rings (SSSR count). The van der Waals surface area contributed by atoms with Gasteiger partial charge in [-0.3, -0.25) is 14.4 Å². The van der Waals surface area contributed by atoms with Crippen molar-refractivity contribution in [3.05, 3.63) is 146 Å². The normalized spacial score (nSPS) is 13.3. The van der Waals surface area contributed by atoms with Crippen LogP contribution < -0.4 is 0 Å². The summed E-state index contributed by atoms with van der Waals surface area (Å²) in [6.07, 6.45) is 73.9. The van der Waals surface area contributed by atoms with Crippen LogP contribution in [0.25, 0.3) is 0 Å². The molecule has 0 N–H and O–H groups in total. The number of esters is 3. The van der Waals surface area contributed by atoms with E-state index in [4.69, 9.17) is 14.2 Å². The van der Waals surface area contributed by atoms with Crippen molar-refractivity contribution in [1.82, 2.24) is 0 Å². The Balaban J connectivity index is 4.58. The fraction of sp³-hybridized carbons (Fsp3) is 0.542. The van der Waals surface area contributed by atoms with E-state index in [0.29, 0.717) is 25.7 Å². The molecule has 6 nitrogen and oxygen atoms in total. The first kappa shape index (κ1) is 60.3. The number of carbonyl (C=O) groups excluding carboxylic acids is 3. The topological polar surface area (TPSA) is 78.9 Å². The molecule has 65 heavy (non-hydrogen) atoms. The van der Waals surface area contributed by atoms with E-state index >= 15 is 0 Å². The van der Waals surface area contributed by atoms with Crippen molar-refractivity contribution >= 4 is 17.9 Å². The molecule has 0 aromatic heterocycles. The summed E-state index contributed by atoms with van der Waals surface area (Å²) >= 11 is 0. The first-order valence-electron chi connectivity index (χ1n) is 25.5. The standard InChI is InChI=1S/C59H90O6/c1-4-7-10-13-16-19-22-25-27-29-31-34-37-40-43-46-49-52-58(61)64-55-56(54-63-57(60)51-48-45-42-39-36-33-24-21-18-15-12-9-6-3)65-59(62)53-50-47-44-41-38-35-32-30-28-26-23-20-17-14-11-8-5-2/h7,9-10,12-13,15-22,24-29,31,33-34,36-37,56H,4-6,8,11,14,23,30,32,35,38-55H2,1-3H3/b10-7+,12-9+,16-13+,18-15+,20-17+,22-19+,24-21+,27-25+,28-26+,31-29+,36-33+,37-34+. The zero-order chi connectivity index (χ0) is 47.2. The number of hydrogen-bond acceptors (Lipinski definition) is 6. The molecule has 0 amide bonds. The van der Waals surface area contributed by atoms with Crippen molar-refractivity contribution in [2.24, 2.45) is 0 Å². The number of hydrogen-bond donors (Lipinski definition) is 0. The Morgan fingerprint density at radius 2 is 0.662 bits per heavy atom. The van der Waals surface area contributed by atoms with Gasteiger partial charge < -0.3 is 14.2 Å². The third-order valence-corrected chi connectivity index (χ3v) is 10.1. The van der Waals surface area contributed by atoms with Crippen LogP contribution in [0.4, 0.5) is 0 Å². The van der Waals surface area contributed by atoms with Crippen molar-refractivity contribution in [3.63, 3.8) is 0 Å². The van der Waals surface area contributed by atoms with Crippen molar-refractivity contribution in [3.8, 4) is 0 Å². The molecule has 0 aliphatic rings. The first-order valence-corrected chi connectivity index (χ1v) is 25.5. The SMILES string of the molecule is CC/C=C/C=C/C=C/C=C/C=C/C=C/CCCCCC(=O)OCC(COC(=O)CCCCC/C=C/C=C/C=C/C=C/CC)OC(=O)CCCCCCCCC/C=C/C/C=C/CCCCC. The predicted molar refractivity (Wildman–Crippen MR) is 279 cm³/mol. The van der Waals surface area contributed by atoms with Crippen LogP contribution in [0.15, 0.2) is 146 Å². The monoisotopic (exact) mass is 895 g/mol. The average Bonchev–Trinajstić information content (AvgIpc) is 3.30. The number of carbonyl (C=O) groups is 3. The minimum absolute atomic E-state index is 0.123. The molecule has 0 aliphatic carbocycles. The smallest absolute Gasteiger partial charge is 0.306 e. The maximum absolute atomic E-state index is 12.8. The van der Waals surface area contributed by atoms with Gasteiger partial charge in [-0.15, -0.1) is 0 Å². The molecule has 0 bridgehead atoms. The van der Waals surface area contributed by atoms with Gasteiger partial charge in [0.15, 0.2) is 6.10 Å². The van der Waals surface area contributed by atoms with Crippen LogP contribution in [0.2, 0.25) is 0 Å². The minimum Gasteiger partial charge on any atom is -0.462 e. The van der Waals surface area contributed by atoms with Gasteiger partial charge in [-0.2, -0.15) is 0 Å². The molecule has 0 fully saturated rings. The van der Waals surface area contributed by atoms with Crippen LogP contribution >= 0.6 is 0 Å². The van der Waals surface area contributed by atoms with Crippen LogP contribution in [0.3, 0.4) is 0 Å². The van der Waals surface area contributed by atoms with Gasteiger partial charge in [0.25, 0.3) is 0 Å². The van der Waals surface area contributed by atoms with Gasteiger partial charge in [-0.05, 0) is 89.9 Å². The summed E-state index contributed by atoms with van der Waals surface area (Å²) < 4.78 is 16.7. The maximum Gasteiger partial charge on any atom is 0.306 e. The Morgan fingerprint density at radius 3 is 1.08 bits per heavy atom. The van der Waals surface area contributed by atoms with Gasteiger partial charge in [0.1, 0.15) is 13.2 Å². The van der Waals surface area contributed by atoms with Gasteiger partial charge in [0, 0.05) is 19.3 Å². The van der Waals surface area contributed by atoms with Crippen LogP contribution in [-0.4, -0.2) is 37.2 Å². The van der Waals surface area contributed by atoms with E-state index in [9.17, 15) is 14.4 Å².